The van der Waals surface area contributed by atoms with Crippen molar-refractivity contribution in [3.8, 4) is 11.5 Å². The number of amides is 1. The monoisotopic (exact) mass is 478 g/mol. The number of carbonyl (C=O) groups excluding carboxylic acids is 2. The number of hydrogen-bond donors (Lipinski definition) is 1. The maximum absolute atomic E-state index is 12.8. The van der Waals surface area contributed by atoms with Crippen molar-refractivity contribution in [2.24, 2.45) is 0 Å². The lowest BCUT2D eigenvalue weighted by molar-refractivity contribution is -0.133. The SMILES string of the molecule is COc1c(C)c2c(c(O)c1C/C=C(\C)CCC(=O)N1CCN(Cc3ccccc3)CC1)C(=O)OC2. The number of methoxy groups -OCH3 is 1. The molecule has 4 rings (SSSR count). The summed E-state index contributed by atoms with van der Waals surface area (Å²) in [5, 5.41) is 10.8. The van der Waals surface area contributed by atoms with Gasteiger partial charge in [-0.3, -0.25) is 9.69 Å². The molecule has 0 radical (unpaired) electrons. The third-order valence-electron chi connectivity index (χ3n) is 7.01. The molecule has 0 unspecified atom stereocenters. The number of rotatable bonds is 8. The Hall–Kier alpha value is -3.32. The molecule has 0 aromatic heterocycles. The maximum Gasteiger partial charge on any atom is 0.342 e. The Morgan fingerprint density at radius 2 is 1.86 bits per heavy atom. The topological polar surface area (TPSA) is 79.3 Å². The van der Waals surface area contributed by atoms with E-state index in [1.807, 2.05) is 30.9 Å². The van der Waals surface area contributed by atoms with Crippen LogP contribution in [-0.4, -0.2) is 60.1 Å². The van der Waals surface area contributed by atoms with Gasteiger partial charge < -0.3 is 19.5 Å². The maximum atomic E-state index is 12.8. The van der Waals surface area contributed by atoms with Crippen molar-refractivity contribution in [3.63, 3.8) is 0 Å². The summed E-state index contributed by atoms with van der Waals surface area (Å²) in [6, 6.07) is 10.4. The highest BCUT2D eigenvalue weighted by Crippen LogP contribution is 2.42. The van der Waals surface area contributed by atoms with Gasteiger partial charge in [0.2, 0.25) is 5.91 Å². The minimum absolute atomic E-state index is 0.0709. The number of nitrogens with zero attached hydrogens (tertiary/aromatic N) is 2. The number of esters is 1. The molecule has 2 aromatic rings. The van der Waals surface area contributed by atoms with Crippen molar-refractivity contribution in [3.05, 3.63) is 69.8 Å². The fourth-order valence-corrected chi connectivity index (χ4v) is 4.87. The second-order valence-corrected chi connectivity index (χ2v) is 9.31. The normalized spacial score (nSPS) is 16.3. The van der Waals surface area contributed by atoms with Gasteiger partial charge in [0.1, 0.15) is 23.7 Å². The van der Waals surface area contributed by atoms with Crippen molar-refractivity contribution in [1.82, 2.24) is 9.80 Å². The molecule has 1 fully saturated rings. The molecule has 1 amide bonds. The van der Waals surface area contributed by atoms with Crippen molar-refractivity contribution < 1.29 is 24.2 Å². The molecule has 186 valence electrons. The molecule has 2 aliphatic heterocycles. The second kappa shape index (κ2) is 11.0. The lowest BCUT2D eigenvalue weighted by Gasteiger charge is -2.34. The number of carbonyl (C=O) groups is 2. The fraction of sp³-hybridized carbons (Fsp3) is 0.429. The van der Waals surface area contributed by atoms with E-state index >= 15 is 0 Å². The van der Waals surface area contributed by atoms with E-state index in [9.17, 15) is 14.7 Å². The van der Waals surface area contributed by atoms with E-state index in [2.05, 4.69) is 29.2 Å². The van der Waals surface area contributed by atoms with Crippen LogP contribution >= 0.6 is 0 Å². The Labute approximate surface area is 206 Å². The zero-order chi connectivity index (χ0) is 24.9. The molecule has 1 saturated heterocycles. The molecule has 0 atom stereocenters. The van der Waals surface area contributed by atoms with Crippen molar-refractivity contribution in [2.45, 2.75) is 46.3 Å². The van der Waals surface area contributed by atoms with E-state index < -0.39 is 5.97 Å². The number of cyclic esters (lactones) is 1. The highest BCUT2D eigenvalue weighted by atomic mass is 16.5. The summed E-state index contributed by atoms with van der Waals surface area (Å²) in [5.74, 6) is 0.180. The molecule has 35 heavy (non-hydrogen) atoms. The summed E-state index contributed by atoms with van der Waals surface area (Å²) in [6.07, 6.45) is 3.52. The van der Waals surface area contributed by atoms with Gasteiger partial charge in [-0.2, -0.15) is 0 Å². The van der Waals surface area contributed by atoms with Crippen LogP contribution in [0.15, 0.2) is 42.0 Å². The summed E-state index contributed by atoms with van der Waals surface area (Å²) in [4.78, 5) is 29.2. The highest BCUT2D eigenvalue weighted by Gasteiger charge is 2.31. The Morgan fingerprint density at radius 3 is 2.54 bits per heavy atom. The molecule has 7 heteroatoms. The van der Waals surface area contributed by atoms with Crippen LogP contribution in [0.2, 0.25) is 0 Å². The Morgan fingerprint density at radius 1 is 1.14 bits per heavy atom. The molecule has 1 N–H and O–H groups in total. The average Bonchev–Trinajstić information content (AvgIpc) is 3.26. The first kappa shape index (κ1) is 24.8. The van der Waals surface area contributed by atoms with E-state index in [0.717, 1.165) is 43.9 Å². The van der Waals surface area contributed by atoms with Gasteiger partial charge in [-0.05, 0) is 37.8 Å². The molecule has 2 aromatic carbocycles. The Balaban J connectivity index is 1.30. The molecule has 0 aliphatic carbocycles. The summed E-state index contributed by atoms with van der Waals surface area (Å²) in [5.41, 5.74) is 4.67. The zero-order valence-corrected chi connectivity index (χ0v) is 20.8. The number of phenolic OH excluding ortho intramolecular Hbond substituents is 1. The number of allylic oxidation sites excluding steroid dienone is 2. The smallest absolute Gasteiger partial charge is 0.342 e. The van der Waals surface area contributed by atoms with E-state index in [0.29, 0.717) is 36.1 Å². The molecule has 2 aliphatic rings. The quantitative estimate of drug-likeness (QED) is 0.457. The summed E-state index contributed by atoms with van der Waals surface area (Å²) in [6.45, 7) is 8.21. The van der Waals surface area contributed by atoms with Crippen molar-refractivity contribution >= 4 is 11.9 Å². The van der Waals surface area contributed by atoms with Gasteiger partial charge in [-0.25, -0.2) is 4.79 Å². The summed E-state index contributed by atoms with van der Waals surface area (Å²) in [7, 11) is 1.56. The van der Waals surface area contributed by atoms with Gasteiger partial charge in [0, 0.05) is 50.3 Å². The number of fused-ring (bicyclic) bond motifs is 1. The lowest BCUT2D eigenvalue weighted by atomic mass is 9.94. The second-order valence-electron chi connectivity index (χ2n) is 9.31. The van der Waals surface area contributed by atoms with Crippen LogP contribution in [0.5, 0.6) is 11.5 Å². The van der Waals surface area contributed by atoms with E-state index in [-0.39, 0.29) is 23.8 Å². The first-order valence-electron chi connectivity index (χ1n) is 12.2. The molecule has 0 bridgehead atoms. The lowest BCUT2D eigenvalue weighted by Crippen LogP contribution is -2.48. The fourth-order valence-electron chi connectivity index (χ4n) is 4.87. The molecule has 0 saturated carbocycles. The van der Waals surface area contributed by atoms with Crippen molar-refractivity contribution in [2.75, 3.05) is 33.3 Å². The van der Waals surface area contributed by atoms with Crippen LogP contribution < -0.4 is 4.74 Å². The number of ether oxygens (including phenoxy) is 2. The third-order valence-corrected chi connectivity index (χ3v) is 7.01. The predicted molar refractivity (Wildman–Crippen MR) is 134 cm³/mol. The van der Waals surface area contributed by atoms with E-state index in [1.165, 1.54) is 5.56 Å². The predicted octanol–water partition coefficient (Wildman–Crippen LogP) is 3.99. The zero-order valence-electron chi connectivity index (χ0n) is 20.8. The molecular weight excluding hydrogens is 444 g/mol. The van der Waals surface area contributed by atoms with Gasteiger partial charge in [0.05, 0.1) is 7.11 Å². The summed E-state index contributed by atoms with van der Waals surface area (Å²) < 4.78 is 10.7. The van der Waals surface area contributed by atoms with Gasteiger partial charge in [-0.1, -0.05) is 42.0 Å². The van der Waals surface area contributed by atoms with Gasteiger partial charge >= 0.3 is 5.97 Å². The number of phenols is 1. The Kier molecular flexibility index (Phi) is 7.76. The average molecular weight is 479 g/mol. The van der Waals surface area contributed by atoms with Crippen molar-refractivity contribution in [1.29, 1.82) is 0 Å². The number of piperazine rings is 1. The minimum atomic E-state index is -0.500. The standard InChI is InChI=1S/C28H34N2O5/c1-19(9-11-22-26(32)25-23(18-35-28(25)33)20(2)27(22)34-3)10-12-24(31)30-15-13-29(14-16-30)17-21-7-5-4-6-8-21/h4-9,32H,10-18H2,1-3H3/b19-9+. The summed E-state index contributed by atoms with van der Waals surface area (Å²) >= 11 is 0. The van der Waals surface area contributed by atoms with Crippen LogP contribution in [0.1, 0.15) is 52.4 Å². The molecular formula is C28H34N2O5. The third kappa shape index (κ3) is 5.51. The largest absolute Gasteiger partial charge is 0.507 e. The van der Waals surface area contributed by atoms with E-state index in [4.69, 9.17) is 9.47 Å². The molecule has 0 spiro atoms. The number of aromatic hydroxyl groups is 1. The van der Waals surface area contributed by atoms with Crippen LogP contribution in [0.3, 0.4) is 0 Å². The van der Waals surface area contributed by atoms with Crippen LogP contribution in [-0.2, 0) is 29.1 Å². The van der Waals surface area contributed by atoms with Gasteiger partial charge in [0.15, 0.2) is 0 Å². The van der Waals surface area contributed by atoms with Crippen LogP contribution in [0.25, 0.3) is 0 Å². The van der Waals surface area contributed by atoms with Crippen LogP contribution in [0.4, 0.5) is 0 Å². The van der Waals surface area contributed by atoms with E-state index in [1.54, 1.807) is 7.11 Å². The highest BCUT2D eigenvalue weighted by molar-refractivity contribution is 5.98. The Bertz CT molecular complexity index is 1120. The first-order valence-corrected chi connectivity index (χ1v) is 12.2. The minimum Gasteiger partial charge on any atom is -0.507 e. The first-order chi connectivity index (χ1) is 16.9. The van der Waals surface area contributed by atoms with Gasteiger partial charge in [0.25, 0.3) is 0 Å². The number of benzene rings is 2. The number of hydrogen-bond acceptors (Lipinski definition) is 6. The molecule has 7 nitrogen and oxygen atoms in total. The van der Waals surface area contributed by atoms with Gasteiger partial charge in [-0.15, -0.1) is 0 Å². The van der Waals surface area contributed by atoms with Crippen LogP contribution in [0, 0.1) is 6.92 Å². The molecule has 2 heterocycles.